The number of carbonyl (C=O) groups excluding carboxylic acids is 3. The lowest BCUT2D eigenvalue weighted by Crippen LogP contribution is -2.40. The van der Waals surface area contributed by atoms with Crippen molar-refractivity contribution < 1.29 is 18.8 Å². The Bertz CT molecular complexity index is 1520. The molecule has 35 heavy (non-hydrogen) atoms. The number of hydrogen-bond acceptors (Lipinski definition) is 7. The van der Waals surface area contributed by atoms with E-state index < -0.39 is 11.8 Å². The van der Waals surface area contributed by atoms with Gasteiger partial charge in [-0.25, -0.2) is 0 Å². The number of benzene rings is 2. The fraction of sp³-hybridized carbons (Fsp3) is 0.185. The van der Waals surface area contributed by atoms with E-state index in [2.05, 4.69) is 10.3 Å². The van der Waals surface area contributed by atoms with E-state index in [4.69, 9.17) is 4.42 Å². The number of carbonyl (C=O) groups is 3. The van der Waals surface area contributed by atoms with Gasteiger partial charge < -0.3 is 14.2 Å². The van der Waals surface area contributed by atoms with Crippen LogP contribution in [0.4, 0.5) is 5.69 Å². The van der Waals surface area contributed by atoms with Gasteiger partial charge in [-0.15, -0.1) is 0 Å². The molecule has 1 N–H and O–H groups in total. The maximum atomic E-state index is 13.1. The third-order valence-corrected chi connectivity index (χ3v) is 6.57. The molecular weight excluding hydrogens is 444 g/mol. The summed E-state index contributed by atoms with van der Waals surface area (Å²) in [5.41, 5.74) is 4.43. The molecule has 6 rings (SSSR count). The average molecular weight is 466 g/mol. The number of ketones is 1. The molecular formula is C27H22N4O4. The molecule has 1 atom stereocenters. The second-order valence-corrected chi connectivity index (χ2v) is 9.10. The Morgan fingerprint density at radius 3 is 2.69 bits per heavy atom. The first-order valence-electron chi connectivity index (χ1n) is 11.3. The van der Waals surface area contributed by atoms with Crippen molar-refractivity contribution in [1.82, 2.24) is 10.2 Å². The standard InChI is InChI=1S/C27H22N4O4/c1-30(2)14-20(32)19-13-16-6-4-8-18-23(28-10-11-31(19)24(16)18)22-21(26(33)29-27(22)34)17-7-3-5-15-9-12-35-25(15)17/h3-12,19H,13-14H2,1-2H3,(H,29,33,34). The molecule has 8 nitrogen and oxygen atoms in total. The molecule has 0 fully saturated rings. The highest BCUT2D eigenvalue weighted by atomic mass is 16.3. The predicted molar refractivity (Wildman–Crippen MR) is 132 cm³/mol. The van der Waals surface area contributed by atoms with Gasteiger partial charge in [-0.2, -0.15) is 0 Å². The summed E-state index contributed by atoms with van der Waals surface area (Å²) in [5, 5.41) is 3.27. The molecule has 4 heterocycles. The topological polar surface area (TPSA) is 95.2 Å². The van der Waals surface area contributed by atoms with Crippen molar-refractivity contribution in [2.24, 2.45) is 4.99 Å². The number of nitrogens with zero attached hydrogens (tertiary/aromatic N) is 3. The van der Waals surface area contributed by atoms with Gasteiger partial charge in [-0.05, 0) is 25.7 Å². The van der Waals surface area contributed by atoms with Gasteiger partial charge in [-0.1, -0.05) is 36.4 Å². The number of hydrogen-bond donors (Lipinski definition) is 1. The number of anilines is 1. The van der Waals surface area contributed by atoms with Crippen LogP contribution in [-0.2, 0) is 20.8 Å². The summed E-state index contributed by atoms with van der Waals surface area (Å²) in [4.78, 5) is 47.6. The van der Waals surface area contributed by atoms with Crippen LogP contribution >= 0.6 is 0 Å². The highest BCUT2D eigenvalue weighted by Gasteiger charge is 2.40. The molecule has 1 aromatic heterocycles. The quantitative estimate of drug-likeness (QED) is 0.581. The highest BCUT2D eigenvalue weighted by Crippen LogP contribution is 2.41. The SMILES string of the molecule is CN(C)CC(=O)C1Cc2cccc3c2N1C=CN=C3C1=C(c2cccc3ccoc23)C(=O)NC1=O. The van der Waals surface area contributed by atoms with Gasteiger partial charge in [0.15, 0.2) is 5.78 Å². The summed E-state index contributed by atoms with van der Waals surface area (Å²) < 4.78 is 5.66. The second kappa shape index (κ2) is 7.89. The van der Waals surface area contributed by atoms with E-state index in [1.807, 2.05) is 60.3 Å². The lowest BCUT2D eigenvalue weighted by atomic mass is 9.92. The molecule has 0 bridgehead atoms. The second-order valence-electron chi connectivity index (χ2n) is 9.10. The van der Waals surface area contributed by atoms with Gasteiger partial charge in [0.2, 0.25) is 0 Å². The summed E-state index contributed by atoms with van der Waals surface area (Å²) in [6.45, 7) is 0.325. The Hall–Kier alpha value is -4.30. The minimum Gasteiger partial charge on any atom is -0.464 e. The van der Waals surface area contributed by atoms with Crippen molar-refractivity contribution in [2.45, 2.75) is 12.5 Å². The molecule has 0 saturated heterocycles. The number of imide groups is 1. The fourth-order valence-electron chi connectivity index (χ4n) is 5.16. The predicted octanol–water partition coefficient (Wildman–Crippen LogP) is 2.68. The van der Waals surface area contributed by atoms with Gasteiger partial charge >= 0.3 is 0 Å². The number of likely N-dealkylation sites (N-methyl/N-ethyl adjacent to an activating group) is 1. The molecule has 174 valence electrons. The Labute approximate surface area is 201 Å². The van der Waals surface area contributed by atoms with Gasteiger partial charge in [0, 0.05) is 35.3 Å². The summed E-state index contributed by atoms with van der Waals surface area (Å²) in [6, 6.07) is 12.7. The molecule has 1 unspecified atom stereocenters. The lowest BCUT2D eigenvalue weighted by Gasteiger charge is -2.24. The van der Waals surface area contributed by atoms with E-state index in [9.17, 15) is 14.4 Å². The van der Waals surface area contributed by atoms with E-state index in [-0.39, 0.29) is 23.0 Å². The Kier molecular flexibility index (Phi) is 4.79. The molecule has 3 aliphatic heterocycles. The van der Waals surface area contributed by atoms with Crippen LogP contribution in [0.5, 0.6) is 0 Å². The van der Waals surface area contributed by atoms with Crippen molar-refractivity contribution in [3.05, 3.63) is 83.4 Å². The highest BCUT2D eigenvalue weighted by molar-refractivity contribution is 6.48. The molecule has 0 saturated carbocycles. The Balaban J connectivity index is 1.53. The van der Waals surface area contributed by atoms with Gasteiger partial charge in [0.25, 0.3) is 11.8 Å². The van der Waals surface area contributed by atoms with Crippen LogP contribution in [0.25, 0.3) is 16.5 Å². The molecule has 0 spiro atoms. The number of rotatable bonds is 5. The first kappa shape index (κ1) is 21.2. The van der Waals surface area contributed by atoms with Gasteiger partial charge in [0.1, 0.15) is 5.58 Å². The Morgan fingerprint density at radius 1 is 1.09 bits per heavy atom. The van der Waals surface area contributed by atoms with Crippen LogP contribution in [0, 0.1) is 0 Å². The zero-order chi connectivity index (χ0) is 24.3. The molecule has 2 aromatic carbocycles. The van der Waals surface area contributed by atoms with Crippen LogP contribution in [0.15, 0.2) is 76.1 Å². The molecule has 8 heteroatoms. The van der Waals surface area contributed by atoms with Crippen molar-refractivity contribution in [3.63, 3.8) is 0 Å². The summed E-state index contributed by atoms with van der Waals surface area (Å²) >= 11 is 0. The maximum absolute atomic E-state index is 13.1. The van der Waals surface area contributed by atoms with E-state index in [0.29, 0.717) is 35.4 Å². The van der Waals surface area contributed by atoms with E-state index in [1.165, 1.54) is 0 Å². The minimum absolute atomic E-state index is 0.100. The number of nitrogens with one attached hydrogen (secondary N) is 1. The molecule has 0 aliphatic carbocycles. The molecule has 0 radical (unpaired) electrons. The van der Waals surface area contributed by atoms with Crippen molar-refractivity contribution in [3.8, 4) is 0 Å². The monoisotopic (exact) mass is 466 g/mol. The fourth-order valence-corrected chi connectivity index (χ4v) is 5.16. The summed E-state index contributed by atoms with van der Waals surface area (Å²) in [6.07, 6.45) is 5.50. The average Bonchev–Trinajstić information content (AvgIpc) is 3.48. The zero-order valence-corrected chi connectivity index (χ0v) is 19.2. The summed E-state index contributed by atoms with van der Waals surface area (Å²) in [5.74, 6) is -0.901. The maximum Gasteiger partial charge on any atom is 0.261 e. The first-order valence-corrected chi connectivity index (χ1v) is 11.3. The van der Waals surface area contributed by atoms with Crippen LogP contribution in [0.2, 0.25) is 0 Å². The molecule has 3 aliphatic rings. The van der Waals surface area contributed by atoms with Crippen LogP contribution < -0.4 is 10.2 Å². The minimum atomic E-state index is -0.509. The first-order chi connectivity index (χ1) is 16.9. The third-order valence-electron chi connectivity index (χ3n) is 6.57. The number of amides is 2. The molecule has 2 amide bonds. The van der Waals surface area contributed by atoms with Crippen LogP contribution in [0.3, 0.4) is 0 Å². The largest absolute Gasteiger partial charge is 0.464 e. The van der Waals surface area contributed by atoms with Gasteiger partial charge in [0.05, 0.1) is 41.4 Å². The summed E-state index contributed by atoms with van der Waals surface area (Å²) in [7, 11) is 3.74. The van der Waals surface area contributed by atoms with E-state index in [1.54, 1.807) is 24.7 Å². The van der Waals surface area contributed by atoms with Crippen molar-refractivity contribution >= 4 is 45.5 Å². The van der Waals surface area contributed by atoms with Crippen molar-refractivity contribution in [1.29, 1.82) is 0 Å². The van der Waals surface area contributed by atoms with E-state index >= 15 is 0 Å². The third kappa shape index (κ3) is 3.25. The van der Waals surface area contributed by atoms with E-state index in [0.717, 1.165) is 16.6 Å². The number of fused-ring (bicyclic) bond motifs is 1. The van der Waals surface area contributed by atoms with Gasteiger partial charge in [-0.3, -0.25) is 24.7 Å². The van der Waals surface area contributed by atoms with Crippen LogP contribution in [0.1, 0.15) is 16.7 Å². The number of furan rings is 1. The number of para-hydroxylation sites is 2. The zero-order valence-electron chi connectivity index (χ0n) is 19.2. The number of aliphatic imine (C=N–C) groups is 1. The van der Waals surface area contributed by atoms with Crippen molar-refractivity contribution in [2.75, 3.05) is 25.5 Å². The normalized spacial score (nSPS) is 18.9. The molecule has 3 aromatic rings. The lowest BCUT2D eigenvalue weighted by molar-refractivity contribution is -0.123. The number of Topliss-reactive ketones (excluding diaryl/α,β-unsaturated/α-hetero) is 1. The van der Waals surface area contributed by atoms with Crippen LogP contribution in [-0.4, -0.2) is 54.9 Å². The Morgan fingerprint density at radius 2 is 1.86 bits per heavy atom. The smallest absolute Gasteiger partial charge is 0.261 e.